The Hall–Kier alpha value is -0.620. The third-order valence-electron chi connectivity index (χ3n) is 2.37. The van der Waals surface area contributed by atoms with Crippen molar-refractivity contribution < 1.29 is 8.42 Å². The lowest BCUT2D eigenvalue weighted by molar-refractivity contribution is 0.600. The van der Waals surface area contributed by atoms with Crippen molar-refractivity contribution in [3.63, 3.8) is 0 Å². The van der Waals surface area contributed by atoms with Gasteiger partial charge in [-0.25, -0.2) is 13.4 Å². The van der Waals surface area contributed by atoms with Crippen molar-refractivity contribution in [2.45, 2.75) is 17.9 Å². The zero-order valence-corrected chi connectivity index (χ0v) is 11.9. The second-order valence-electron chi connectivity index (χ2n) is 3.71. The summed E-state index contributed by atoms with van der Waals surface area (Å²) < 4.78 is 23.2. The van der Waals surface area contributed by atoms with Crippen LogP contribution in [0.5, 0.6) is 0 Å². The number of sulfone groups is 1. The van der Waals surface area contributed by atoms with Gasteiger partial charge < -0.3 is 4.90 Å². The highest BCUT2D eigenvalue weighted by atomic mass is 79.9. The second-order valence-corrected chi connectivity index (χ2v) is 6.34. The minimum atomic E-state index is -3.24. The summed E-state index contributed by atoms with van der Waals surface area (Å²) in [5.74, 6) is 0.497. The number of pyridine rings is 1. The maximum atomic E-state index is 11.6. The summed E-state index contributed by atoms with van der Waals surface area (Å²) in [7, 11) is -1.40. The molecule has 1 aromatic rings. The first-order valence-corrected chi connectivity index (χ1v) is 7.83. The van der Waals surface area contributed by atoms with E-state index in [0.717, 1.165) is 5.33 Å². The first-order chi connectivity index (χ1) is 7.38. The predicted molar refractivity (Wildman–Crippen MR) is 69.0 cm³/mol. The summed E-state index contributed by atoms with van der Waals surface area (Å²) in [5, 5.41) is 0.753. The van der Waals surface area contributed by atoms with E-state index in [0.29, 0.717) is 5.82 Å². The van der Waals surface area contributed by atoms with Gasteiger partial charge in [-0.15, -0.1) is 0 Å². The molecule has 1 aromatic heterocycles. The lowest BCUT2D eigenvalue weighted by Crippen LogP contribution is -2.31. The Morgan fingerprint density at radius 2 is 2.19 bits per heavy atom. The molecule has 90 valence electrons. The van der Waals surface area contributed by atoms with Crippen molar-refractivity contribution in [2.75, 3.05) is 23.5 Å². The van der Waals surface area contributed by atoms with Crippen LogP contribution in [0.2, 0.25) is 0 Å². The summed E-state index contributed by atoms with van der Waals surface area (Å²) >= 11 is 3.37. The maximum absolute atomic E-state index is 11.6. The van der Waals surface area contributed by atoms with Gasteiger partial charge in [-0.3, -0.25) is 0 Å². The van der Waals surface area contributed by atoms with Crippen LogP contribution in [0.25, 0.3) is 0 Å². The first-order valence-electron chi connectivity index (χ1n) is 4.81. The van der Waals surface area contributed by atoms with E-state index in [1.54, 1.807) is 18.3 Å². The van der Waals surface area contributed by atoms with Gasteiger partial charge in [0.1, 0.15) is 10.7 Å². The van der Waals surface area contributed by atoms with Crippen LogP contribution in [0, 0.1) is 0 Å². The summed E-state index contributed by atoms with van der Waals surface area (Å²) in [5.41, 5.74) is 0. The van der Waals surface area contributed by atoms with Gasteiger partial charge in [-0.1, -0.05) is 15.9 Å². The van der Waals surface area contributed by atoms with Gasteiger partial charge in [-0.05, 0) is 19.1 Å². The van der Waals surface area contributed by atoms with E-state index in [4.69, 9.17) is 0 Å². The van der Waals surface area contributed by atoms with Crippen LogP contribution < -0.4 is 4.90 Å². The number of anilines is 1. The number of nitrogens with zero attached hydrogens (tertiary/aromatic N) is 2. The molecule has 0 amide bonds. The minimum absolute atomic E-state index is 0.176. The fourth-order valence-electron chi connectivity index (χ4n) is 1.25. The van der Waals surface area contributed by atoms with Gasteiger partial charge in [0.25, 0.3) is 0 Å². The molecule has 16 heavy (non-hydrogen) atoms. The smallest absolute Gasteiger partial charge is 0.179 e. The normalized spacial score (nSPS) is 13.5. The molecule has 0 fully saturated rings. The molecule has 1 heterocycles. The van der Waals surface area contributed by atoms with Crippen LogP contribution in [0.4, 0.5) is 5.82 Å². The van der Waals surface area contributed by atoms with Crippen molar-refractivity contribution in [2.24, 2.45) is 0 Å². The summed E-state index contributed by atoms with van der Waals surface area (Å²) in [4.78, 5) is 6.26. The highest BCUT2D eigenvalue weighted by molar-refractivity contribution is 9.09. The third kappa shape index (κ3) is 2.95. The standard InChI is InChI=1S/C10H15BrN2O2S/c1-8(7-11)13(2)10-9(16(3,14)15)5-4-6-12-10/h4-6,8H,7H2,1-3H3. The van der Waals surface area contributed by atoms with E-state index >= 15 is 0 Å². The molecule has 0 radical (unpaired) electrons. The van der Waals surface area contributed by atoms with Crippen LogP contribution in [-0.4, -0.2) is 38.1 Å². The number of rotatable bonds is 4. The van der Waals surface area contributed by atoms with Crippen LogP contribution in [-0.2, 0) is 9.84 Å². The highest BCUT2D eigenvalue weighted by Gasteiger charge is 2.19. The molecule has 0 aliphatic rings. The van der Waals surface area contributed by atoms with Gasteiger partial charge in [-0.2, -0.15) is 0 Å². The van der Waals surface area contributed by atoms with Crippen molar-refractivity contribution in [1.82, 2.24) is 4.98 Å². The van der Waals surface area contributed by atoms with Gasteiger partial charge >= 0.3 is 0 Å². The van der Waals surface area contributed by atoms with Gasteiger partial charge in [0.2, 0.25) is 0 Å². The Balaban J connectivity index is 3.24. The molecule has 6 heteroatoms. The summed E-state index contributed by atoms with van der Waals surface area (Å²) in [6, 6.07) is 3.39. The Labute approximate surface area is 105 Å². The molecule has 0 saturated heterocycles. The van der Waals surface area contributed by atoms with E-state index in [2.05, 4.69) is 20.9 Å². The quantitative estimate of drug-likeness (QED) is 0.795. The molecule has 0 saturated carbocycles. The Bertz CT molecular complexity index is 462. The van der Waals surface area contributed by atoms with Crippen molar-refractivity contribution in [3.8, 4) is 0 Å². The first kappa shape index (κ1) is 13.4. The Morgan fingerprint density at radius 1 is 1.56 bits per heavy atom. The molecular weight excluding hydrogens is 292 g/mol. The third-order valence-corrected chi connectivity index (χ3v) is 4.42. The van der Waals surface area contributed by atoms with Gasteiger partial charge in [0.15, 0.2) is 9.84 Å². The lowest BCUT2D eigenvalue weighted by atomic mass is 10.3. The van der Waals surface area contributed by atoms with E-state index in [9.17, 15) is 8.42 Å². The molecule has 0 bridgehead atoms. The van der Waals surface area contributed by atoms with Crippen molar-refractivity contribution >= 4 is 31.6 Å². The van der Waals surface area contributed by atoms with E-state index in [1.807, 2.05) is 18.9 Å². The van der Waals surface area contributed by atoms with Crippen LogP contribution >= 0.6 is 15.9 Å². The predicted octanol–water partition coefficient (Wildman–Crippen LogP) is 1.70. The fourth-order valence-corrected chi connectivity index (χ4v) is 2.54. The van der Waals surface area contributed by atoms with Crippen LogP contribution in [0.3, 0.4) is 0 Å². The Kier molecular flexibility index (Phi) is 4.32. The van der Waals surface area contributed by atoms with Crippen molar-refractivity contribution in [3.05, 3.63) is 18.3 Å². The molecule has 0 aromatic carbocycles. The van der Waals surface area contributed by atoms with E-state index in [-0.39, 0.29) is 10.9 Å². The fraction of sp³-hybridized carbons (Fsp3) is 0.500. The molecule has 1 rings (SSSR count). The van der Waals surface area contributed by atoms with Crippen LogP contribution in [0.15, 0.2) is 23.2 Å². The van der Waals surface area contributed by atoms with E-state index in [1.165, 1.54) is 6.26 Å². The average molecular weight is 307 g/mol. The SMILES string of the molecule is CC(CBr)N(C)c1ncccc1S(C)(=O)=O. The summed E-state index contributed by atoms with van der Waals surface area (Å²) in [6.45, 7) is 2.00. The zero-order valence-electron chi connectivity index (χ0n) is 9.51. The minimum Gasteiger partial charge on any atom is -0.355 e. The molecule has 0 spiro atoms. The number of aromatic nitrogens is 1. The molecular formula is C10H15BrN2O2S. The van der Waals surface area contributed by atoms with Crippen molar-refractivity contribution in [1.29, 1.82) is 0 Å². The average Bonchev–Trinajstić information content (AvgIpc) is 2.26. The molecule has 4 nitrogen and oxygen atoms in total. The molecule has 1 atom stereocenters. The van der Waals surface area contributed by atoms with Crippen LogP contribution in [0.1, 0.15) is 6.92 Å². The largest absolute Gasteiger partial charge is 0.355 e. The lowest BCUT2D eigenvalue weighted by Gasteiger charge is -2.25. The summed E-state index contributed by atoms with van der Waals surface area (Å²) in [6.07, 6.45) is 2.79. The number of alkyl halides is 1. The zero-order chi connectivity index (χ0) is 12.3. The topological polar surface area (TPSA) is 50.3 Å². The number of halogens is 1. The number of hydrogen-bond acceptors (Lipinski definition) is 4. The molecule has 1 unspecified atom stereocenters. The second kappa shape index (κ2) is 5.14. The maximum Gasteiger partial charge on any atom is 0.179 e. The monoisotopic (exact) mass is 306 g/mol. The van der Waals surface area contributed by atoms with E-state index < -0.39 is 9.84 Å². The van der Waals surface area contributed by atoms with Gasteiger partial charge in [0.05, 0.1) is 0 Å². The molecule has 0 N–H and O–H groups in total. The van der Waals surface area contributed by atoms with Gasteiger partial charge in [0, 0.05) is 30.9 Å². The number of hydrogen-bond donors (Lipinski definition) is 0. The highest BCUT2D eigenvalue weighted by Crippen LogP contribution is 2.22. The molecule has 0 aliphatic carbocycles. The molecule has 0 aliphatic heterocycles. The Morgan fingerprint density at radius 3 is 2.69 bits per heavy atom.